The number of amides is 1. The van der Waals surface area contributed by atoms with Crippen molar-refractivity contribution < 1.29 is 14.1 Å². The highest BCUT2D eigenvalue weighted by Gasteiger charge is 2.34. The maximum absolute atomic E-state index is 13.2. The van der Waals surface area contributed by atoms with Crippen LogP contribution in [-0.4, -0.2) is 40.6 Å². The van der Waals surface area contributed by atoms with E-state index >= 15 is 0 Å². The first-order chi connectivity index (χ1) is 12.3. The van der Waals surface area contributed by atoms with Crippen LogP contribution in [0.5, 0.6) is 5.75 Å². The molecule has 1 saturated heterocycles. The molecule has 25 heavy (non-hydrogen) atoms. The molecule has 4 rings (SSSR count). The topological polar surface area (TPSA) is 68.5 Å². The minimum Gasteiger partial charge on any atom is -0.493 e. The summed E-state index contributed by atoms with van der Waals surface area (Å²) in [7, 11) is 0. The Balaban J connectivity index is 1.51. The zero-order chi connectivity index (χ0) is 17.2. The summed E-state index contributed by atoms with van der Waals surface area (Å²) in [5.41, 5.74) is 1.01. The number of aryl methyl sites for hydroxylation is 1. The molecule has 0 aliphatic carbocycles. The van der Waals surface area contributed by atoms with Gasteiger partial charge in [-0.1, -0.05) is 30.3 Å². The Morgan fingerprint density at radius 2 is 2.20 bits per heavy atom. The summed E-state index contributed by atoms with van der Waals surface area (Å²) >= 11 is 0. The van der Waals surface area contributed by atoms with E-state index in [0.29, 0.717) is 19.0 Å². The summed E-state index contributed by atoms with van der Waals surface area (Å²) in [6.45, 7) is 4.06. The third-order valence-corrected chi connectivity index (χ3v) is 5.14. The molecular weight excluding hydrogens is 318 g/mol. The molecule has 0 bridgehead atoms. The van der Waals surface area contributed by atoms with E-state index in [0.717, 1.165) is 49.4 Å². The monoisotopic (exact) mass is 341 g/mol. The van der Waals surface area contributed by atoms with Crippen molar-refractivity contribution in [1.82, 2.24) is 15.0 Å². The summed E-state index contributed by atoms with van der Waals surface area (Å²) in [6, 6.07) is 7.87. The normalized spacial score (nSPS) is 23.0. The number of aromatic nitrogens is 2. The lowest BCUT2D eigenvalue weighted by Gasteiger charge is -2.35. The number of rotatable bonds is 3. The first-order valence-electron chi connectivity index (χ1n) is 9.09. The minimum atomic E-state index is -0.111. The molecule has 2 aromatic rings. The van der Waals surface area contributed by atoms with Gasteiger partial charge in [-0.15, -0.1) is 0 Å². The maximum Gasteiger partial charge on any atom is 0.230 e. The standard InChI is InChI=1S/C19H23N3O3/c1-2-17-20-18(21-25-17)13-6-5-10-22(12-13)19(23)15-9-11-24-16-8-4-3-7-14(15)16/h3-4,7-8,13,15H,2,5-6,9-12H2,1H3/t13-,15-/m0/s1. The summed E-state index contributed by atoms with van der Waals surface area (Å²) in [6.07, 6.45) is 3.44. The molecule has 0 saturated carbocycles. The van der Waals surface area contributed by atoms with Gasteiger partial charge in [-0.3, -0.25) is 4.79 Å². The van der Waals surface area contributed by atoms with Crippen molar-refractivity contribution in [2.24, 2.45) is 0 Å². The summed E-state index contributed by atoms with van der Waals surface area (Å²) < 4.78 is 10.9. The van der Waals surface area contributed by atoms with Crippen molar-refractivity contribution in [2.75, 3.05) is 19.7 Å². The zero-order valence-corrected chi connectivity index (χ0v) is 14.5. The van der Waals surface area contributed by atoms with Crippen molar-refractivity contribution in [3.63, 3.8) is 0 Å². The van der Waals surface area contributed by atoms with Crippen LogP contribution in [0, 0.1) is 0 Å². The van der Waals surface area contributed by atoms with Crippen LogP contribution >= 0.6 is 0 Å². The number of piperidine rings is 1. The fourth-order valence-corrected chi connectivity index (χ4v) is 3.78. The Kier molecular flexibility index (Phi) is 4.42. The van der Waals surface area contributed by atoms with Gasteiger partial charge in [0.05, 0.1) is 12.5 Å². The summed E-state index contributed by atoms with van der Waals surface area (Å²) in [4.78, 5) is 19.6. The van der Waals surface area contributed by atoms with Gasteiger partial charge in [0.15, 0.2) is 5.82 Å². The van der Waals surface area contributed by atoms with E-state index in [4.69, 9.17) is 9.26 Å². The lowest BCUT2D eigenvalue weighted by Crippen LogP contribution is -2.42. The maximum atomic E-state index is 13.2. The van der Waals surface area contributed by atoms with Gasteiger partial charge < -0.3 is 14.2 Å². The average molecular weight is 341 g/mol. The lowest BCUT2D eigenvalue weighted by atomic mass is 9.90. The molecule has 132 valence electrons. The second kappa shape index (κ2) is 6.86. The fourth-order valence-electron chi connectivity index (χ4n) is 3.78. The number of carbonyl (C=O) groups excluding carboxylic acids is 1. The van der Waals surface area contributed by atoms with Gasteiger partial charge in [0, 0.05) is 31.0 Å². The van der Waals surface area contributed by atoms with E-state index < -0.39 is 0 Å². The van der Waals surface area contributed by atoms with Crippen LogP contribution in [0.2, 0.25) is 0 Å². The molecule has 6 heteroatoms. The van der Waals surface area contributed by atoms with Crippen molar-refractivity contribution in [1.29, 1.82) is 0 Å². The number of benzene rings is 1. The molecule has 2 aliphatic rings. The van der Waals surface area contributed by atoms with Gasteiger partial charge >= 0.3 is 0 Å². The van der Waals surface area contributed by atoms with Crippen LogP contribution in [0.3, 0.4) is 0 Å². The molecule has 2 aliphatic heterocycles. The molecule has 0 spiro atoms. The third-order valence-electron chi connectivity index (χ3n) is 5.14. The quantitative estimate of drug-likeness (QED) is 0.858. The van der Waals surface area contributed by atoms with Gasteiger partial charge in [0.25, 0.3) is 0 Å². The summed E-state index contributed by atoms with van der Waals surface area (Å²) in [5.74, 6) is 2.49. The van der Waals surface area contributed by atoms with E-state index in [2.05, 4.69) is 10.1 Å². The van der Waals surface area contributed by atoms with E-state index in [1.54, 1.807) is 0 Å². The molecule has 6 nitrogen and oxygen atoms in total. The number of para-hydroxylation sites is 1. The van der Waals surface area contributed by atoms with Gasteiger partial charge in [-0.05, 0) is 25.3 Å². The molecule has 3 heterocycles. The Bertz CT molecular complexity index is 758. The second-order valence-corrected chi connectivity index (χ2v) is 6.75. The molecule has 1 fully saturated rings. The van der Waals surface area contributed by atoms with Crippen LogP contribution in [-0.2, 0) is 11.2 Å². The Labute approximate surface area is 147 Å². The van der Waals surface area contributed by atoms with E-state index in [1.165, 1.54) is 0 Å². The van der Waals surface area contributed by atoms with Crippen LogP contribution in [0.25, 0.3) is 0 Å². The molecule has 1 amide bonds. The minimum absolute atomic E-state index is 0.111. The number of carbonyl (C=O) groups is 1. The van der Waals surface area contributed by atoms with Crippen molar-refractivity contribution >= 4 is 5.91 Å². The molecule has 1 aromatic heterocycles. The highest BCUT2D eigenvalue weighted by molar-refractivity contribution is 5.85. The highest BCUT2D eigenvalue weighted by Crippen LogP contribution is 2.36. The van der Waals surface area contributed by atoms with Gasteiger partial charge in [-0.25, -0.2) is 0 Å². The molecule has 0 N–H and O–H groups in total. The van der Waals surface area contributed by atoms with Crippen LogP contribution in [0.4, 0.5) is 0 Å². The van der Waals surface area contributed by atoms with E-state index in [-0.39, 0.29) is 17.7 Å². The second-order valence-electron chi connectivity index (χ2n) is 6.75. The molecule has 0 radical (unpaired) electrons. The largest absolute Gasteiger partial charge is 0.493 e. The highest BCUT2D eigenvalue weighted by atomic mass is 16.5. The number of hydrogen-bond acceptors (Lipinski definition) is 5. The lowest BCUT2D eigenvalue weighted by molar-refractivity contribution is -0.134. The number of fused-ring (bicyclic) bond motifs is 1. The first-order valence-corrected chi connectivity index (χ1v) is 9.09. The molecule has 0 unspecified atom stereocenters. The van der Waals surface area contributed by atoms with E-state index in [1.807, 2.05) is 36.1 Å². The SMILES string of the molecule is CCc1nc([C@H]2CCCN(C(=O)[C@H]3CCOc4ccccc43)C2)no1. The Morgan fingerprint density at radius 3 is 3.04 bits per heavy atom. The van der Waals surface area contributed by atoms with Crippen molar-refractivity contribution in [3.8, 4) is 5.75 Å². The average Bonchev–Trinajstić information content (AvgIpc) is 3.16. The first kappa shape index (κ1) is 16.1. The number of nitrogens with zero attached hydrogens (tertiary/aromatic N) is 3. The van der Waals surface area contributed by atoms with Crippen molar-refractivity contribution in [2.45, 2.75) is 44.4 Å². The van der Waals surface area contributed by atoms with Crippen LogP contribution < -0.4 is 4.74 Å². The number of likely N-dealkylation sites (tertiary alicyclic amines) is 1. The molecule has 2 atom stereocenters. The number of hydrogen-bond donors (Lipinski definition) is 0. The predicted molar refractivity (Wildman–Crippen MR) is 91.5 cm³/mol. The third kappa shape index (κ3) is 3.13. The smallest absolute Gasteiger partial charge is 0.230 e. The predicted octanol–water partition coefficient (Wildman–Crippen LogP) is 2.90. The Morgan fingerprint density at radius 1 is 1.32 bits per heavy atom. The Hall–Kier alpha value is -2.37. The van der Waals surface area contributed by atoms with Crippen LogP contribution in [0.1, 0.15) is 55.3 Å². The van der Waals surface area contributed by atoms with Gasteiger partial charge in [-0.2, -0.15) is 4.98 Å². The molecular formula is C19H23N3O3. The van der Waals surface area contributed by atoms with Gasteiger partial charge in [0.2, 0.25) is 11.8 Å². The molecule has 1 aromatic carbocycles. The summed E-state index contributed by atoms with van der Waals surface area (Å²) in [5, 5.41) is 4.11. The fraction of sp³-hybridized carbons (Fsp3) is 0.526. The van der Waals surface area contributed by atoms with Crippen LogP contribution in [0.15, 0.2) is 28.8 Å². The van der Waals surface area contributed by atoms with Gasteiger partial charge in [0.1, 0.15) is 5.75 Å². The number of ether oxygens (including phenoxy) is 1. The zero-order valence-electron chi connectivity index (χ0n) is 14.5. The van der Waals surface area contributed by atoms with Crippen molar-refractivity contribution in [3.05, 3.63) is 41.5 Å². The van der Waals surface area contributed by atoms with E-state index in [9.17, 15) is 4.79 Å².